The van der Waals surface area contributed by atoms with Gasteiger partial charge in [-0.2, -0.15) is 19.7 Å². The zero-order valence-corrected chi connectivity index (χ0v) is 20.6. The Morgan fingerprint density at radius 3 is 2.53 bits per heavy atom. The number of furan rings is 1. The predicted octanol–water partition coefficient (Wildman–Crippen LogP) is 2.15. The number of rotatable bonds is 6. The molecule has 0 atom stereocenters. The molecule has 0 aliphatic carbocycles. The third-order valence-corrected chi connectivity index (χ3v) is 7.77. The summed E-state index contributed by atoms with van der Waals surface area (Å²) in [7, 11) is -3.18. The van der Waals surface area contributed by atoms with E-state index in [-0.39, 0.29) is 0 Å². The minimum atomic E-state index is -3.18. The van der Waals surface area contributed by atoms with Crippen LogP contribution in [0.5, 0.6) is 0 Å². The minimum absolute atomic E-state index is 0.299. The first-order valence-corrected chi connectivity index (χ1v) is 13.6. The number of piperazine rings is 1. The van der Waals surface area contributed by atoms with Gasteiger partial charge in [-0.05, 0) is 42.5 Å². The highest BCUT2D eigenvalue weighted by Gasteiger charge is 2.20. The van der Waals surface area contributed by atoms with E-state index < -0.39 is 9.84 Å². The molecule has 1 saturated heterocycles. The van der Waals surface area contributed by atoms with Gasteiger partial charge in [0.2, 0.25) is 5.95 Å². The molecule has 1 aliphatic heterocycles. The molecule has 4 aromatic heterocycles. The molecule has 1 aliphatic rings. The summed E-state index contributed by atoms with van der Waals surface area (Å²) in [5.74, 6) is 0.969. The van der Waals surface area contributed by atoms with Crippen LogP contribution < -0.4 is 10.6 Å². The van der Waals surface area contributed by atoms with Crippen molar-refractivity contribution in [1.82, 2.24) is 29.3 Å². The molecule has 5 heterocycles. The van der Waals surface area contributed by atoms with Crippen molar-refractivity contribution in [2.75, 3.05) is 49.6 Å². The lowest BCUT2D eigenvalue weighted by Crippen LogP contribution is -2.47. The third-order valence-electron chi connectivity index (χ3n) is 6.64. The number of fused-ring (bicyclic) bond motifs is 3. The molecular formula is C24H26N8O3S. The van der Waals surface area contributed by atoms with E-state index in [1.54, 1.807) is 22.9 Å². The van der Waals surface area contributed by atoms with Gasteiger partial charge in [0.1, 0.15) is 5.69 Å². The Bertz CT molecular complexity index is 1630. The number of hydrogen-bond donors (Lipinski definition) is 1. The number of nitrogens with zero attached hydrogens (tertiary/aromatic N) is 7. The first-order chi connectivity index (χ1) is 17.4. The van der Waals surface area contributed by atoms with Crippen LogP contribution in [-0.2, 0) is 16.4 Å². The SMILES string of the molecule is CS(=O)(=O)c1ccc(N2CCN(CCn3ncc4c3nc(N)n3nc(-c5ccco5)cc43)CC2)cc1. The fourth-order valence-corrected chi connectivity index (χ4v) is 5.29. The zero-order valence-electron chi connectivity index (χ0n) is 19.8. The Morgan fingerprint density at radius 2 is 1.83 bits per heavy atom. The van der Waals surface area contributed by atoms with E-state index in [0.717, 1.165) is 55.0 Å². The van der Waals surface area contributed by atoms with Crippen LogP contribution in [0.25, 0.3) is 28.0 Å². The molecule has 186 valence electrons. The maximum atomic E-state index is 11.7. The van der Waals surface area contributed by atoms with Gasteiger partial charge in [-0.15, -0.1) is 0 Å². The van der Waals surface area contributed by atoms with E-state index in [0.29, 0.717) is 28.8 Å². The third kappa shape index (κ3) is 4.07. The molecule has 0 unspecified atom stereocenters. The molecule has 2 N–H and O–H groups in total. The maximum absolute atomic E-state index is 11.7. The van der Waals surface area contributed by atoms with Gasteiger partial charge >= 0.3 is 0 Å². The van der Waals surface area contributed by atoms with Crippen LogP contribution >= 0.6 is 0 Å². The highest BCUT2D eigenvalue weighted by Crippen LogP contribution is 2.26. The first kappa shape index (κ1) is 22.6. The van der Waals surface area contributed by atoms with Crippen molar-refractivity contribution in [2.45, 2.75) is 11.4 Å². The largest absolute Gasteiger partial charge is 0.463 e. The average Bonchev–Trinajstić information content (AvgIpc) is 3.62. The Labute approximate surface area is 207 Å². The van der Waals surface area contributed by atoms with Gasteiger partial charge < -0.3 is 15.1 Å². The molecule has 0 amide bonds. The highest BCUT2D eigenvalue weighted by molar-refractivity contribution is 7.90. The number of sulfone groups is 1. The molecule has 1 aromatic carbocycles. The minimum Gasteiger partial charge on any atom is -0.463 e. The summed E-state index contributed by atoms with van der Waals surface area (Å²) in [6.07, 6.45) is 4.65. The summed E-state index contributed by atoms with van der Waals surface area (Å²) in [6.45, 7) is 5.07. The van der Waals surface area contributed by atoms with Crippen LogP contribution in [0.2, 0.25) is 0 Å². The topological polar surface area (TPSA) is 128 Å². The lowest BCUT2D eigenvalue weighted by Gasteiger charge is -2.36. The molecule has 1 fully saturated rings. The fourth-order valence-electron chi connectivity index (χ4n) is 4.66. The normalized spacial score (nSPS) is 15.3. The molecular weight excluding hydrogens is 480 g/mol. The summed E-state index contributed by atoms with van der Waals surface area (Å²) in [4.78, 5) is 9.59. The zero-order chi connectivity index (χ0) is 24.9. The summed E-state index contributed by atoms with van der Waals surface area (Å²) in [5.41, 5.74) is 9.53. The van der Waals surface area contributed by atoms with Crippen LogP contribution in [0.3, 0.4) is 0 Å². The number of aromatic nitrogens is 5. The van der Waals surface area contributed by atoms with Gasteiger partial charge in [-0.3, -0.25) is 4.90 Å². The van der Waals surface area contributed by atoms with E-state index in [2.05, 4.69) is 25.0 Å². The van der Waals surface area contributed by atoms with Crippen LogP contribution in [0.4, 0.5) is 11.6 Å². The van der Waals surface area contributed by atoms with Crippen molar-refractivity contribution in [3.63, 3.8) is 0 Å². The molecule has 0 radical (unpaired) electrons. The van der Waals surface area contributed by atoms with Crippen LogP contribution in [-0.4, -0.2) is 76.7 Å². The van der Waals surface area contributed by atoms with Gasteiger partial charge in [-0.25, -0.2) is 13.1 Å². The Balaban J connectivity index is 1.13. The Morgan fingerprint density at radius 1 is 1.06 bits per heavy atom. The molecule has 0 saturated carbocycles. The molecule has 0 spiro atoms. The molecule has 11 nitrogen and oxygen atoms in total. The van der Waals surface area contributed by atoms with E-state index in [1.165, 1.54) is 6.26 Å². The maximum Gasteiger partial charge on any atom is 0.223 e. The number of nitrogens with two attached hydrogens (primary N) is 1. The molecule has 36 heavy (non-hydrogen) atoms. The van der Waals surface area contributed by atoms with Crippen molar-refractivity contribution in [3.8, 4) is 11.5 Å². The van der Waals surface area contributed by atoms with Crippen molar-refractivity contribution in [1.29, 1.82) is 0 Å². The fraction of sp³-hybridized carbons (Fsp3) is 0.292. The van der Waals surface area contributed by atoms with E-state index >= 15 is 0 Å². The van der Waals surface area contributed by atoms with Gasteiger partial charge in [-0.1, -0.05) is 0 Å². The summed E-state index contributed by atoms with van der Waals surface area (Å²) >= 11 is 0. The summed E-state index contributed by atoms with van der Waals surface area (Å²) in [6, 6.07) is 12.7. The smallest absolute Gasteiger partial charge is 0.223 e. The van der Waals surface area contributed by atoms with Crippen LogP contribution in [0.1, 0.15) is 0 Å². The number of hydrogen-bond acceptors (Lipinski definition) is 9. The highest BCUT2D eigenvalue weighted by atomic mass is 32.2. The van der Waals surface area contributed by atoms with Gasteiger partial charge in [0.25, 0.3) is 0 Å². The Hall–Kier alpha value is -3.90. The molecule has 5 aromatic rings. The molecule has 0 bridgehead atoms. The second kappa shape index (κ2) is 8.64. The lowest BCUT2D eigenvalue weighted by atomic mass is 10.2. The van der Waals surface area contributed by atoms with E-state index in [4.69, 9.17) is 10.2 Å². The van der Waals surface area contributed by atoms with Crippen molar-refractivity contribution in [3.05, 3.63) is 54.9 Å². The van der Waals surface area contributed by atoms with Crippen molar-refractivity contribution in [2.24, 2.45) is 0 Å². The van der Waals surface area contributed by atoms with E-state index in [9.17, 15) is 8.42 Å². The van der Waals surface area contributed by atoms with E-state index in [1.807, 2.05) is 41.2 Å². The summed E-state index contributed by atoms with van der Waals surface area (Å²) < 4.78 is 32.4. The molecule has 6 rings (SSSR count). The summed E-state index contributed by atoms with van der Waals surface area (Å²) in [5, 5.41) is 10.0. The number of benzene rings is 1. The van der Waals surface area contributed by atoms with Gasteiger partial charge in [0.05, 0.1) is 34.8 Å². The number of anilines is 2. The quantitative estimate of drug-likeness (QED) is 0.368. The van der Waals surface area contributed by atoms with Crippen LogP contribution in [0, 0.1) is 0 Å². The van der Waals surface area contributed by atoms with Gasteiger partial charge in [0.15, 0.2) is 21.2 Å². The van der Waals surface area contributed by atoms with Crippen molar-refractivity contribution < 1.29 is 12.8 Å². The van der Waals surface area contributed by atoms with Crippen molar-refractivity contribution >= 4 is 38.0 Å². The lowest BCUT2D eigenvalue weighted by molar-refractivity contribution is 0.245. The predicted molar refractivity (Wildman–Crippen MR) is 137 cm³/mol. The Kier molecular flexibility index (Phi) is 5.41. The molecule has 12 heteroatoms. The first-order valence-electron chi connectivity index (χ1n) is 11.7. The number of nitrogen functional groups attached to an aromatic ring is 1. The van der Waals surface area contributed by atoms with Crippen LogP contribution in [0.15, 0.2) is 64.2 Å². The second-order valence-corrected chi connectivity index (χ2v) is 11.0. The standard InChI is InChI=1S/C24H26N8O3S/c1-36(33,34)18-6-4-17(5-7-18)30-11-8-29(9-12-30)10-13-31-23-19(16-26-31)21-15-20(22-3-2-14-35-22)28-32(21)24(25)27-23/h2-7,14-16H,8-13H2,1H3,(H2,25,27). The average molecular weight is 507 g/mol. The second-order valence-electron chi connectivity index (χ2n) is 8.97. The van der Waals surface area contributed by atoms with Gasteiger partial charge in [0, 0.05) is 44.7 Å². The monoisotopic (exact) mass is 506 g/mol.